The van der Waals surface area contributed by atoms with Crippen molar-refractivity contribution in [3.8, 4) is 23.0 Å². The van der Waals surface area contributed by atoms with E-state index in [9.17, 15) is 4.39 Å². The van der Waals surface area contributed by atoms with Crippen LogP contribution >= 0.6 is 0 Å². The van der Waals surface area contributed by atoms with Crippen LogP contribution in [0.3, 0.4) is 0 Å². The zero-order valence-corrected chi connectivity index (χ0v) is 12.6. The van der Waals surface area contributed by atoms with Gasteiger partial charge in [-0.15, -0.1) is 0 Å². The predicted molar refractivity (Wildman–Crippen MR) is 84.1 cm³/mol. The minimum absolute atomic E-state index is 0.0447. The van der Waals surface area contributed by atoms with Crippen LogP contribution in [-0.4, -0.2) is 19.2 Å². The lowest BCUT2D eigenvalue weighted by Gasteiger charge is -2.12. The quantitative estimate of drug-likeness (QED) is 0.727. The Morgan fingerprint density at radius 2 is 1.65 bits per heavy atom. The highest BCUT2D eigenvalue weighted by Gasteiger charge is 2.13. The Hall–Kier alpha value is -3.02. The van der Waals surface area contributed by atoms with Crippen LogP contribution in [0.4, 0.5) is 10.1 Å². The molecule has 1 radical (unpaired) electrons. The van der Waals surface area contributed by atoms with Gasteiger partial charge in [-0.05, 0) is 24.3 Å². The number of nitrogens with zero attached hydrogens (tertiary/aromatic N) is 1. The predicted octanol–water partition coefficient (Wildman–Crippen LogP) is 4.10. The van der Waals surface area contributed by atoms with Crippen LogP contribution in [0, 0.1) is 5.82 Å². The third-order valence-electron chi connectivity index (χ3n) is 3.36. The number of hydrogen-bond acceptors (Lipinski definition) is 4. The summed E-state index contributed by atoms with van der Waals surface area (Å²) in [6, 6.07) is 9.08. The lowest BCUT2D eigenvalue weighted by molar-refractivity contribution is 0.355. The lowest BCUT2D eigenvalue weighted by atomic mass is 10.2. The van der Waals surface area contributed by atoms with E-state index in [4.69, 9.17) is 19.9 Å². The van der Waals surface area contributed by atoms with Crippen molar-refractivity contribution in [2.75, 3.05) is 14.2 Å². The van der Waals surface area contributed by atoms with Gasteiger partial charge in [-0.1, -0.05) is 0 Å². The maximum atomic E-state index is 13.9. The van der Waals surface area contributed by atoms with E-state index in [2.05, 4.69) is 4.98 Å². The molecule has 0 saturated carbocycles. The van der Waals surface area contributed by atoms with Gasteiger partial charge >= 0.3 is 0 Å². The van der Waals surface area contributed by atoms with Crippen LogP contribution in [0.25, 0.3) is 10.9 Å². The molecule has 2 aromatic carbocycles. The lowest BCUT2D eigenvalue weighted by Crippen LogP contribution is -1.94. The maximum Gasteiger partial charge on any atom is 0.167 e. The molecule has 0 unspecified atom stereocenters. The van der Waals surface area contributed by atoms with Gasteiger partial charge in [0.1, 0.15) is 5.75 Å². The average Bonchev–Trinajstić information content (AvgIpc) is 2.56. The molecule has 3 aromatic rings. The van der Waals surface area contributed by atoms with E-state index in [-0.39, 0.29) is 11.4 Å². The molecule has 0 bridgehead atoms. The van der Waals surface area contributed by atoms with Crippen LogP contribution in [0.2, 0.25) is 0 Å². The van der Waals surface area contributed by atoms with Crippen LogP contribution in [0.1, 0.15) is 0 Å². The van der Waals surface area contributed by atoms with Crippen LogP contribution < -0.4 is 19.9 Å². The molecule has 3 rings (SSSR count). The van der Waals surface area contributed by atoms with Crippen LogP contribution in [0.5, 0.6) is 23.0 Å². The summed E-state index contributed by atoms with van der Waals surface area (Å²) in [5.41, 5.74) is 8.13. The van der Waals surface area contributed by atoms with E-state index in [1.165, 1.54) is 19.2 Å². The summed E-state index contributed by atoms with van der Waals surface area (Å²) in [6.45, 7) is 0. The first-order valence-electron chi connectivity index (χ1n) is 6.82. The number of methoxy groups -OCH3 is 2. The summed E-state index contributed by atoms with van der Waals surface area (Å²) < 4.78 is 30.1. The van der Waals surface area contributed by atoms with Crippen molar-refractivity contribution in [2.45, 2.75) is 0 Å². The summed E-state index contributed by atoms with van der Waals surface area (Å²) in [7, 11) is 3.08. The standard InChI is InChI=1S/C17H14FN2O3/c1-21-16-8-11-13(9-17(16)22-2)20-6-5-14(11)23-15-4-3-10(19)7-12(15)18/h3-9,19H,1-2H3. The first-order chi connectivity index (χ1) is 11.1. The molecular formula is C17H14FN2O3. The van der Waals surface area contributed by atoms with Crippen molar-refractivity contribution in [3.63, 3.8) is 0 Å². The number of halogens is 1. The van der Waals surface area contributed by atoms with E-state index in [1.54, 1.807) is 31.5 Å². The number of fused-ring (bicyclic) bond motifs is 1. The van der Waals surface area contributed by atoms with Gasteiger partial charge in [0, 0.05) is 23.7 Å². The second kappa shape index (κ2) is 6.00. The fourth-order valence-corrected chi connectivity index (χ4v) is 2.24. The molecule has 117 valence electrons. The smallest absolute Gasteiger partial charge is 0.167 e. The maximum absolute atomic E-state index is 13.9. The molecule has 0 spiro atoms. The van der Waals surface area contributed by atoms with Crippen LogP contribution in [0.15, 0.2) is 42.6 Å². The van der Waals surface area contributed by atoms with E-state index >= 15 is 0 Å². The van der Waals surface area contributed by atoms with E-state index in [0.29, 0.717) is 28.2 Å². The molecule has 1 heterocycles. The SMILES string of the molecule is COc1cc2nccc(Oc3ccc([NH])cc3F)c2cc1OC. The zero-order chi connectivity index (χ0) is 16.4. The largest absolute Gasteiger partial charge is 0.493 e. The number of aromatic nitrogens is 1. The molecule has 0 aliphatic rings. The summed E-state index contributed by atoms with van der Waals surface area (Å²) in [5.74, 6) is 0.966. The molecule has 0 aliphatic carbocycles. The summed E-state index contributed by atoms with van der Waals surface area (Å²) in [4.78, 5) is 4.26. The van der Waals surface area contributed by atoms with Crippen molar-refractivity contribution < 1.29 is 18.6 Å². The van der Waals surface area contributed by atoms with Crippen molar-refractivity contribution in [1.82, 2.24) is 10.7 Å². The number of ether oxygens (including phenoxy) is 3. The van der Waals surface area contributed by atoms with Gasteiger partial charge in [0.2, 0.25) is 0 Å². The highest BCUT2D eigenvalue weighted by molar-refractivity contribution is 5.88. The average molecular weight is 313 g/mol. The number of hydrogen-bond donors (Lipinski definition) is 0. The van der Waals surface area contributed by atoms with Gasteiger partial charge in [0.15, 0.2) is 23.1 Å². The summed E-state index contributed by atoms with van der Waals surface area (Å²) >= 11 is 0. The van der Waals surface area contributed by atoms with E-state index in [0.717, 1.165) is 6.07 Å². The molecule has 6 heteroatoms. The molecule has 0 atom stereocenters. The van der Waals surface area contributed by atoms with Gasteiger partial charge in [0.05, 0.1) is 25.4 Å². The van der Waals surface area contributed by atoms with Gasteiger partial charge in [-0.3, -0.25) is 4.98 Å². The van der Waals surface area contributed by atoms with E-state index < -0.39 is 5.82 Å². The van der Waals surface area contributed by atoms with Gasteiger partial charge < -0.3 is 19.9 Å². The second-order valence-corrected chi connectivity index (χ2v) is 4.78. The summed E-state index contributed by atoms with van der Waals surface area (Å²) in [6.07, 6.45) is 1.57. The highest BCUT2D eigenvalue weighted by Crippen LogP contribution is 2.37. The second-order valence-electron chi connectivity index (χ2n) is 4.78. The summed E-state index contributed by atoms with van der Waals surface area (Å²) in [5, 5.41) is 0.666. The third kappa shape index (κ3) is 2.83. The topological polar surface area (TPSA) is 64.4 Å². The molecule has 0 aliphatic heterocycles. The minimum Gasteiger partial charge on any atom is -0.493 e. The fraction of sp³-hybridized carbons (Fsp3) is 0.118. The van der Waals surface area contributed by atoms with Gasteiger partial charge in [0.25, 0.3) is 0 Å². The Morgan fingerprint density at radius 1 is 0.913 bits per heavy atom. The Labute approximate surface area is 132 Å². The fourth-order valence-electron chi connectivity index (χ4n) is 2.24. The van der Waals surface area contributed by atoms with E-state index in [1.807, 2.05) is 0 Å². The highest BCUT2D eigenvalue weighted by atomic mass is 19.1. The molecule has 1 N–H and O–H groups in total. The number of pyridine rings is 1. The van der Waals surface area contributed by atoms with Gasteiger partial charge in [-0.25, -0.2) is 4.39 Å². The monoisotopic (exact) mass is 313 g/mol. The molecule has 5 nitrogen and oxygen atoms in total. The normalized spacial score (nSPS) is 10.6. The Balaban J connectivity index is 2.10. The van der Waals surface area contributed by atoms with Crippen molar-refractivity contribution in [3.05, 3.63) is 48.4 Å². The molecule has 0 fully saturated rings. The Bertz CT molecular complexity index is 868. The van der Waals surface area contributed by atoms with Crippen LogP contribution in [-0.2, 0) is 0 Å². The zero-order valence-electron chi connectivity index (χ0n) is 12.6. The van der Waals surface area contributed by atoms with Crippen molar-refractivity contribution in [1.29, 1.82) is 0 Å². The Morgan fingerprint density at radius 3 is 2.35 bits per heavy atom. The first kappa shape index (κ1) is 14.9. The molecular weight excluding hydrogens is 299 g/mol. The van der Waals surface area contributed by atoms with Crippen molar-refractivity contribution >= 4 is 16.6 Å². The number of benzene rings is 2. The minimum atomic E-state index is -0.595. The first-order valence-corrected chi connectivity index (χ1v) is 6.82. The molecule has 1 aromatic heterocycles. The number of nitrogens with one attached hydrogen (secondary N) is 1. The molecule has 0 amide bonds. The third-order valence-corrected chi connectivity index (χ3v) is 3.36. The van der Waals surface area contributed by atoms with Gasteiger partial charge in [-0.2, -0.15) is 0 Å². The van der Waals surface area contributed by atoms with Crippen molar-refractivity contribution in [2.24, 2.45) is 0 Å². The number of rotatable bonds is 4. The molecule has 0 saturated heterocycles. The Kier molecular flexibility index (Phi) is 3.89. The molecule has 23 heavy (non-hydrogen) atoms.